The maximum absolute atomic E-state index is 11.8. The summed E-state index contributed by atoms with van der Waals surface area (Å²) >= 11 is 0. The number of nitrogens with zero attached hydrogens (tertiary/aromatic N) is 1. The number of carbonyl (C=O) groups is 2. The minimum atomic E-state index is -1.10. The molecule has 0 aliphatic rings. The SMILES string of the molecule is CN(C)c1ccccc1CC(NC(=O)OC(C)(C)C)C(=O)O. The molecule has 1 aromatic carbocycles. The summed E-state index contributed by atoms with van der Waals surface area (Å²) in [6.07, 6.45) is -0.551. The minimum absolute atomic E-state index is 0.183. The summed E-state index contributed by atoms with van der Waals surface area (Å²) in [5.74, 6) is -1.10. The van der Waals surface area contributed by atoms with Crippen molar-refractivity contribution >= 4 is 17.7 Å². The lowest BCUT2D eigenvalue weighted by Crippen LogP contribution is -2.44. The molecule has 0 saturated heterocycles. The molecule has 6 heteroatoms. The minimum Gasteiger partial charge on any atom is -0.480 e. The molecule has 0 aliphatic carbocycles. The number of benzene rings is 1. The highest BCUT2D eigenvalue weighted by molar-refractivity contribution is 5.80. The summed E-state index contributed by atoms with van der Waals surface area (Å²) in [5, 5.41) is 11.7. The number of hydrogen-bond donors (Lipinski definition) is 2. The van der Waals surface area contributed by atoms with Crippen molar-refractivity contribution in [2.45, 2.75) is 38.8 Å². The van der Waals surface area contributed by atoms with Gasteiger partial charge < -0.3 is 20.1 Å². The van der Waals surface area contributed by atoms with Crippen LogP contribution in [0.3, 0.4) is 0 Å². The number of anilines is 1. The molecule has 6 nitrogen and oxygen atoms in total. The fourth-order valence-electron chi connectivity index (χ4n) is 1.99. The number of carbonyl (C=O) groups excluding carboxylic acids is 1. The molecule has 2 N–H and O–H groups in total. The number of aliphatic carboxylic acids is 1. The third-order valence-corrected chi connectivity index (χ3v) is 2.89. The van der Waals surface area contributed by atoms with Crippen LogP contribution < -0.4 is 10.2 Å². The van der Waals surface area contributed by atoms with Gasteiger partial charge in [-0.1, -0.05) is 18.2 Å². The van der Waals surface area contributed by atoms with Crippen LogP contribution >= 0.6 is 0 Å². The van der Waals surface area contributed by atoms with E-state index in [0.29, 0.717) is 0 Å². The molecule has 0 heterocycles. The maximum atomic E-state index is 11.8. The van der Waals surface area contributed by atoms with E-state index < -0.39 is 23.7 Å². The largest absolute Gasteiger partial charge is 0.480 e. The van der Waals surface area contributed by atoms with Gasteiger partial charge >= 0.3 is 12.1 Å². The highest BCUT2D eigenvalue weighted by atomic mass is 16.6. The number of nitrogens with one attached hydrogen (secondary N) is 1. The molecule has 0 aromatic heterocycles. The van der Waals surface area contributed by atoms with Crippen molar-refractivity contribution in [3.63, 3.8) is 0 Å². The first-order chi connectivity index (χ1) is 10.1. The van der Waals surface area contributed by atoms with Crippen LogP contribution in [0.4, 0.5) is 10.5 Å². The lowest BCUT2D eigenvalue weighted by atomic mass is 10.0. The van der Waals surface area contributed by atoms with Crippen LogP contribution in [0.1, 0.15) is 26.3 Å². The Bertz CT molecular complexity index is 535. The smallest absolute Gasteiger partial charge is 0.408 e. The number of rotatable bonds is 5. The van der Waals surface area contributed by atoms with Gasteiger partial charge in [-0.25, -0.2) is 9.59 Å². The Kier molecular flexibility index (Phi) is 5.79. The number of carboxylic acids is 1. The summed E-state index contributed by atoms with van der Waals surface area (Å²) < 4.78 is 5.11. The fraction of sp³-hybridized carbons (Fsp3) is 0.500. The van der Waals surface area contributed by atoms with Crippen LogP contribution in [-0.2, 0) is 16.0 Å². The van der Waals surface area contributed by atoms with Crippen LogP contribution in [0.5, 0.6) is 0 Å². The molecule has 1 aromatic rings. The zero-order valence-electron chi connectivity index (χ0n) is 13.7. The van der Waals surface area contributed by atoms with Crippen molar-refractivity contribution in [1.29, 1.82) is 0 Å². The number of hydrogen-bond acceptors (Lipinski definition) is 4. The van der Waals surface area contributed by atoms with Gasteiger partial charge in [-0.3, -0.25) is 0 Å². The molecule has 1 rings (SSSR count). The molecule has 1 atom stereocenters. The summed E-state index contributed by atoms with van der Waals surface area (Å²) in [6, 6.07) is 6.44. The van der Waals surface area contributed by atoms with Crippen LogP contribution in [0, 0.1) is 0 Å². The first-order valence-electron chi connectivity index (χ1n) is 7.07. The average Bonchev–Trinajstić information content (AvgIpc) is 2.35. The average molecular weight is 308 g/mol. The molecule has 0 aliphatic heterocycles. The van der Waals surface area contributed by atoms with Gasteiger partial charge in [0, 0.05) is 26.2 Å². The van der Waals surface area contributed by atoms with Gasteiger partial charge in [-0.15, -0.1) is 0 Å². The Hall–Kier alpha value is -2.24. The van der Waals surface area contributed by atoms with Gasteiger partial charge in [-0.05, 0) is 32.4 Å². The summed E-state index contributed by atoms with van der Waals surface area (Å²) in [7, 11) is 3.77. The second-order valence-corrected chi connectivity index (χ2v) is 6.26. The highest BCUT2D eigenvalue weighted by Crippen LogP contribution is 2.19. The van der Waals surface area contributed by atoms with Crippen molar-refractivity contribution in [3.05, 3.63) is 29.8 Å². The highest BCUT2D eigenvalue weighted by Gasteiger charge is 2.25. The molecule has 0 spiro atoms. The van der Waals surface area contributed by atoms with E-state index in [2.05, 4.69) is 5.32 Å². The van der Waals surface area contributed by atoms with Crippen molar-refractivity contribution < 1.29 is 19.4 Å². The predicted molar refractivity (Wildman–Crippen MR) is 85.3 cm³/mol. The van der Waals surface area contributed by atoms with Gasteiger partial charge in [0.05, 0.1) is 0 Å². The van der Waals surface area contributed by atoms with Crippen LogP contribution in [0.2, 0.25) is 0 Å². The van der Waals surface area contributed by atoms with E-state index in [4.69, 9.17) is 4.74 Å². The van der Waals surface area contributed by atoms with E-state index in [1.165, 1.54) is 0 Å². The maximum Gasteiger partial charge on any atom is 0.408 e. The van der Waals surface area contributed by atoms with Gasteiger partial charge in [-0.2, -0.15) is 0 Å². The van der Waals surface area contributed by atoms with E-state index >= 15 is 0 Å². The molecule has 0 bridgehead atoms. The monoisotopic (exact) mass is 308 g/mol. The third-order valence-electron chi connectivity index (χ3n) is 2.89. The number of para-hydroxylation sites is 1. The molecular weight excluding hydrogens is 284 g/mol. The van der Waals surface area contributed by atoms with Crippen molar-refractivity contribution in [3.8, 4) is 0 Å². The lowest BCUT2D eigenvalue weighted by molar-refractivity contribution is -0.139. The van der Waals surface area contributed by atoms with Crippen molar-refractivity contribution in [2.24, 2.45) is 0 Å². The molecule has 0 radical (unpaired) electrons. The topological polar surface area (TPSA) is 78.9 Å². The van der Waals surface area contributed by atoms with E-state index in [9.17, 15) is 14.7 Å². The number of alkyl carbamates (subject to hydrolysis) is 1. The first kappa shape index (κ1) is 17.8. The Morgan fingerprint density at radius 1 is 1.27 bits per heavy atom. The first-order valence-corrected chi connectivity index (χ1v) is 7.07. The van der Waals surface area contributed by atoms with Crippen molar-refractivity contribution in [2.75, 3.05) is 19.0 Å². The second kappa shape index (κ2) is 7.15. The van der Waals surface area contributed by atoms with Gasteiger partial charge in [0.2, 0.25) is 0 Å². The lowest BCUT2D eigenvalue weighted by Gasteiger charge is -2.23. The Morgan fingerprint density at radius 3 is 2.36 bits per heavy atom. The predicted octanol–water partition coefficient (Wildman–Crippen LogP) is 2.27. The van der Waals surface area contributed by atoms with Crippen LogP contribution in [-0.4, -0.2) is 42.9 Å². The molecule has 122 valence electrons. The Balaban J connectivity index is 2.86. The second-order valence-electron chi connectivity index (χ2n) is 6.26. The number of ether oxygens (including phenoxy) is 1. The van der Waals surface area contributed by atoms with Crippen LogP contribution in [0.25, 0.3) is 0 Å². The van der Waals surface area contributed by atoms with E-state index in [1.807, 2.05) is 43.3 Å². The molecule has 0 fully saturated rings. The van der Waals surface area contributed by atoms with E-state index in [-0.39, 0.29) is 6.42 Å². The molecule has 22 heavy (non-hydrogen) atoms. The van der Waals surface area contributed by atoms with Gasteiger partial charge in [0.1, 0.15) is 11.6 Å². The molecule has 0 saturated carbocycles. The zero-order chi connectivity index (χ0) is 16.9. The molecule has 1 amide bonds. The zero-order valence-corrected chi connectivity index (χ0v) is 13.7. The summed E-state index contributed by atoms with van der Waals surface area (Å²) in [5.41, 5.74) is 1.09. The van der Waals surface area contributed by atoms with Gasteiger partial charge in [0.25, 0.3) is 0 Å². The normalized spacial score (nSPS) is 12.4. The van der Waals surface area contributed by atoms with Crippen molar-refractivity contribution in [1.82, 2.24) is 5.32 Å². The molecular formula is C16H24N2O4. The quantitative estimate of drug-likeness (QED) is 0.872. The van der Waals surface area contributed by atoms with Gasteiger partial charge in [0.15, 0.2) is 0 Å². The standard InChI is InChI=1S/C16H24N2O4/c1-16(2,3)22-15(21)17-12(14(19)20)10-11-8-6-7-9-13(11)18(4)5/h6-9,12H,10H2,1-5H3,(H,17,21)(H,19,20). The summed E-state index contributed by atoms with van der Waals surface area (Å²) in [4.78, 5) is 25.1. The summed E-state index contributed by atoms with van der Waals surface area (Å²) in [6.45, 7) is 5.18. The fourth-order valence-corrected chi connectivity index (χ4v) is 1.99. The van der Waals surface area contributed by atoms with Crippen LogP contribution in [0.15, 0.2) is 24.3 Å². The Labute approximate surface area is 131 Å². The third kappa shape index (κ3) is 5.63. The van der Waals surface area contributed by atoms with E-state index in [1.54, 1.807) is 20.8 Å². The molecule has 1 unspecified atom stereocenters. The van der Waals surface area contributed by atoms with E-state index in [0.717, 1.165) is 11.3 Å². The Morgan fingerprint density at radius 2 is 1.86 bits per heavy atom. The number of amides is 1. The number of carboxylic acid groups (broad SMARTS) is 1.